The molecule has 0 spiro atoms. The van der Waals surface area contributed by atoms with Crippen LogP contribution in [0.1, 0.15) is 0 Å². The molecule has 0 aliphatic heterocycles. The second kappa shape index (κ2) is 5.38. The van der Waals surface area contributed by atoms with Crippen molar-refractivity contribution in [2.45, 2.75) is 18.5 Å². The minimum Gasteiger partial charge on any atom is -0.432 e. The summed E-state index contributed by atoms with van der Waals surface area (Å²) in [5, 5.41) is 0. The molecule has 1 aromatic rings. The zero-order valence-corrected chi connectivity index (χ0v) is 10.8. The molecule has 114 valence electrons. The van der Waals surface area contributed by atoms with E-state index >= 15 is 0 Å². The molecule has 0 fully saturated rings. The van der Waals surface area contributed by atoms with Crippen LogP contribution in [-0.4, -0.2) is 18.5 Å². The summed E-state index contributed by atoms with van der Waals surface area (Å²) in [5.41, 5.74) is 0. The molecule has 1 aromatic carbocycles. The van der Waals surface area contributed by atoms with E-state index in [4.69, 9.17) is 0 Å². The fraction of sp³-hybridized carbons (Fsp3) is 0.400. The lowest BCUT2D eigenvalue weighted by atomic mass is 10.1. The van der Waals surface area contributed by atoms with E-state index < -0.39 is 30.1 Å². The number of alkyl halides is 8. The molecule has 1 rings (SSSR count). The summed E-state index contributed by atoms with van der Waals surface area (Å²) in [6, 6.07) is 4.07. The lowest BCUT2D eigenvalue weighted by Gasteiger charge is -2.29. The van der Waals surface area contributed by atoms with Gasteiger partial charge < -0.3 is 4.74 Å². The molecule has 0 amide bonds. The summed E-state index contributed by atoms with van der Waals surface area (Å²) >= 11 is 2.82. The molecular weight excluding hydrogens is 368 g/mol. The number of benzene rings is 1. The molecule has 0 saturated heterocycles. The van der Waals surface area contributed by atoms with Crippen molar-refractivity contribution < 1.29 is 39.9 Å². The normalized spacial score (nSPS) is 13.7. The van der Waals surface area contributed by atoms with Crippen LogP contribution in [0.25, 0.3) is 0 Å². The van der Waals surface area contributed by atoms with Crippen molar-refractivity contribution in [2.75, 3.05) is 0 Å². The van der Waals surface area contributed by atoms with Crippen LogP contribution in [-0.2, 0) is 0 Å². The minimum absolute atomic E-state index is 0.154. The van der Waals surface area contributed by atoms with Crippen LogP contribution >= 0.6 is 15.9 Å². The summed E-state index contributed by atoms with van der Waals surface area (Å²) in [6.07, 6.45) is -17.9. The Morgan fingerprint density at radius 1 is 0.900 bits per heavy atom. The molecule has 0 aliphatic carbocycles. The van der Waals surface area contributed by atoms with Crippen molar-refractivity contribution in [3.05, 3.63) is 28.7 Å². The van der Waals surface area contributed by atoms with Gasteiger partial charge in [-0.25, -0.2) is 0 Å². The first kappa shape index (κ1) is 17.0. The van der Waals surface area contributed by atoms with Gasteiger partial charge in [-0.1, -0.05) is 22.0 Å². The average Bonchev–Trinajstić information content (AvgIpc) is 2.09. The summed E-state index contributed by atoms with van der Waals surface area (Å²) in [7, 11) is 0. The van der Waals surface area contributed by atoms with Crippen LogP contribution in [0, 0.1) is 5.92 Å². The Labute approximate surface area is 115 Å². The molecule has 10 heteroatoms. The van der Waals surface area contributed by atoms with Crippen LogP contribution in [0.2, 0.25) is 0 Å². The quantitative estimate of drug-likeness (QED) is 0.665. The van der Waals surface area contributed by atoms with Crippen molar-refractivity contribution in [1.29, 1.82) is 0 Å². The average molecular weight is 373 g/mol. The SMILES string of the molecule is FC(F)(F)C(C(F)(F)F)C(F)(F)Oc1cccc(Br)c1. The van der Waals surface area contributed by atoms with E-state index in [1.54, 1.807) is 0 Å². The highest BCUT2D eigenvalue weighted by Crippen LogP contribution is 2.48. The molecular formula is C10H5BrF8O. The molecule has 0 saturated carbocycles. The summed E-state index contributed by atoms with van der Waals surface area (Å²) in [6.45, 7) is 0. The predicted octanol–water partition coefficient (Wildman–Crippen LogP) is 5.16. The lowest BCUT2D eigenvalue weighted by Crippen LogP contribution is -2.51. The van der Waals surface area contributed by atoms with Crippen molar-refractivity contribution in [2.24, 2.45) is 5.92 Å². The van der Waals surface area contributed by atoms with Gasteiger partial charge in [0, 0.05) is 4.47 Å². The number of hydrogen-bond donors (Lipinski definition) is 0. The fourth-order valence-electron chi connectivity index (χ4n) is 1.31. The van der Waals surface area contributed by atoms with Crippen molar-refractivity contribution >= 4 is 15.9 Å². The molecule has 0 aliphatic rings. The molecule has 0 aromatic heterocycles. The van der Waals surface area contributed by atoms with Gasteiger partial charge in [-0.05, 0) is 18.2 Å². The number of rotatable bonds is 3. The first-order chi connectivity index (χ1) is 8.84. The van der Waals surface area contributed by atoms with Crippen molar-refractivity contribution in [3.8, 4) is 5.75 Å². The van der Waals surface area contributed by atoms with Gasteiger partial charge in [0.05, 0.1) is 0 Å². The van der Waals surface area contributed by atoms with Gasteiger partial charge in [0.2, 0.25) is 0 Å². The topological polar surface area (TPSA) is 9.23 Å². The minimum atomic E-state index is -6.20. The van der Waals surface area contributed by atoms with Gasteiger partial charge in [-0.2, -0.15) is 35.1 Å². The Kier molecular flexibility index (Phi) is 4.57. The standard InChI is InChI=1S/C10H5BrF8O/c11-5-2-1-3-6(4-5)20-10(18,19)7(8(12,13)14)9(15,16)17/h1-4,7H. The molecule has 0 bridgehead atoms. The second-order valence-electron chi connectivity index (χ2n) is 3.64. The maximum atomic E-state index is 13.2. The molecule has 0 heterocycles. The third-order valence-corrected chi connectivity index (χ3v) is 2.53. The maximum absolute atomic E-state index is 13.2. The summed E-state index contributed by atoms with van der Waals surface area (Å²) in [4.78, 5) is 0. The van der Waals surface area contributed by atoms with Gasteiger partial charge in [-0.15, -0.1) is 0 Å². The van der Waals surface area contributed by atoms with E-state index in [1.807, 2.05) is 0 Å². The van der Waals surface area contributed by atoms with Crippen LogP contribution in [0.5, 0.6) is 5.75 Å². The van der Waals surface area contributed by atoms with Gasteiger partial charge in [0.1, 0.15) is 5.75 Å². The lowest BCUT2D eigenvalue weighted by molar-refractivity contribution is -0.379. The van der Waals surface area contributed by atoms with E-state index in [-0.39, 0.29) is 4.47 Å². The largest absolute Gasteiger partial charge is 0.432 e. The van der Waals surface area contributed by atoms with E-state index in [0.717, 1.165) is 18.2 Å². The highest BCUT2D eigenvalue weighted by atomic mass is 79.9. The molecule has 0 N–H and O–H groups in total. The molecule has 0 atom stereocenters. The molecule has 20 heavy (non-hydrogen) atoms. The van der Waals surface area contributed by atoms with E-state index in [1.165, 1.54) is 6.07 Å². The van der Waals surface area contributed by atoms with Crippen molar-refractivity contribution in [1.82, 2.24) is 0 Å². The van der Waals surface area contributed by atoms with Gasteiger partial charge in [0.15, 0.2) is 0 Å². The Morgan fingerprint density at radius 3 is 1.80 bits per heavy atom. The van der Waals surface area contributed by atoms with Crippen LogP contribution in [0.4, 0.5) is 35.1 Å². The number of ether oxygens (including phenoxy) is 1. The van der Waals surface area contributed by atoms with Crippen LogP contribution < -0.4 is 4.74 Å². The van der Waals surface area contributed by atoms with Crippen LogP contribution in [0.15, 0.2) is 28.7 Å². The highest BCUT2D eigenvalue weighted by Gasteiger charge is 2.70. The van der Waals surface area contributed by atoms with E-state index in [0.29, 0.717) is 0 Å². The predicted molar refractivity (Wildman–Crippen MR) is 55.3 cm³/mol. The molecule has 0 radical (unpaired) electrons. The van der Waals surface area contributed by atoms with E-state index in [9.17, 15) is 35.1 Å². The third kappa shape index (κ3) is 4.22. The summed E-state index contributed by atoms with van der Waals surface area (Å²) in [5.74, 6) is -5.75. The second-order valence-corrected chi connectivity index (χ2v) is 4.55. The van der Waals surface area contributed by atoms with Gasteiger partial charge >= 0.3 is 18.5 Å². The third-order valence-electron chi connectivity index (χ3n) is 2.04. The monoisotopic (exact) mass is 372 g/mol. The Hall–Kier alpha value is -1.06. The van der Waals surface area contributed by atoms with E-state index in [2.05, 4.69) is 20.7 Å². The smallest absolute Gasteiger partial charge is 0.418 e. The zero-order valence-electron chi connectivity index (χ0n) is 9.20. The zero-order chi connectivity index (χ0) is 15.8. The Bertz CT molecular complexity index is 453. The fourth-order valence-corrected chi connectivity index (χ4v) is 1.69. The highest BCUT2D eigenvalue weighted by molar-refractivity contribution is 9.10. The van der Waals surface area contributed by atoms with Gasteiger partial charge in [-0.3, -0.25) is 0 Å². The Balaban J connectivity index is 3.12. The first-order valence-electron chi connectivity index (χ1n) is 4.80. The molecule has 0 unspecified atom stereocenters. The van der Waals surface area contributed by atoms with Crippen molar-refractivity contribution in [3.63, 3.8) is 0 Å². The Morgan fingerprint density at radius 2 is 1.40 bits per heavy atom. The maximum Gasteiger partial charge on any atom is 0.418 e. The molecule has 1 nitrogen and oxygen atoms in total. The number of halogens is 9. The van der Waals surface area contributed by atoms with Gasteiger partial charge in [0.25, 0.3) is 5.92 Å². The number of hydrogen-bond acceptors (Lipinski definition) is 1. The van der Waals surface area contributed by atoms with Crippen LogP contribution in [0.3, 0.4) is 0 Å². The first-order valence-corrected chi connectivity index (χ1v) is 5.59. The summed E-state index contributed by atoms with van der Waals surface area (Å²) < 4.78 is 103.